The third-order valence-corrected chi connectivity index (χ3v) is 7.58. The Morgan fingerprint density at radius 2 is 1.93 bits per heavy atom. The Morgan fingerprint density at radius 3 is 2.67 bits per heavy atom. The van der Waals surface area contributed by atoms with E-state index in [4.69, 9.17) is 4.99 Å². The zero-order valence-electron chi connectivity index (χ0n) is 18.5. The number of rotatable bonds is 5. The van der Waals surface area contributed by atoms with Gasteiger partial charge in [-0.2, -0.15) is 16.9 Å². The zero-order valence-corrected chi connectivity index (χ0v) is 21.7. The van der Waals surface area contributed by atoms with Crippen LogP contribution in [0, 0.1) is 6.92 Å². The lowest BCUT2D eigenvalue weighted by Gasteiger charge is -2.47. The fourth-order valence-electron chi connectivity index (χ4n) is 5.14. The van der Waals surface area contributed by atoms with Gasteiger partial charge >= 0.3 is 0 Å². The highest BCUT2D eigenvalue weighted by atomic mass is 127. The molecule has 0 bridgehead atoms. The highest BCUT2D eigenvalue weighted by molar-refractivity contribution is 14.0. The Hall–Kier alpha value is -0.550. The van der Waals surface area contributed by atoms with E-state index in [-0.39, 0.29) is 35.6 Å². The second kappa shape index (κ2) is 11.4. The number of guanidine groups is 1. The van der Waals surface area contributed by atoms with Gasteiger partial charge in [-0.15, -0.1) is 24.0 Å². The van der Waals surface area contributed by atoms with Crippen LogP contribution in [-0.2, 0) is 6.54 Å². The summed E-state index contributed by atoms with van der Waals surface area (Å²) >= 11 is 2.10. The van der Waals surface area contributed by atoms with E-state index in [1.54, 1.807) is 0 Å². The quantitative estimate of drug-likeness (QED) is 0.335. The molecule has 3 aliphatic rings. The van der Waals surface area contributed by atoms with Crippen molar-refractivity contribution in [2.24, 2.45) is 4.99 Å². The molecule has 2 aliphatic heterocycles. The molecule has 9 heteroatoms. The maximum Gasteiger partial charge on any atom is 0.191 e. The van der Waals surface area contributed by atoms with Gasteiger partial charge in [0, 0.05) is 43.2 Å². The first-order valence-corrected chi connectivity index (χ1v) is 12.6. The highest BCUT2D eigenvalue weighted by Gasteiger charge is 2.38. The van der Waals surface area contributed by atoms with Crippen LogP contribution in [0.15, 0.2) is 4.99 Å². The highest BCUT2D eigenvalue weighted by Crippen LogP contribution is 2.35. The SMILES string of the molecule is CCNC(=NCC1(N2CCSCC2)CCCCC1)NC1CCCn2nc(C)nc21.I. The van der Waals surface area contributed by atoms with Gasteiger partial charge in [0.25, 0.3) is 0 Å². The number of thioether (sulfide) groups is 1. The van der Waals surface area contributed by atoms with Gasteiger partial charge in [-0.3, -0.25) is 9.89 Å². The van der Waals surface area contributed by atoms with Crippen molar-refractivity contribution in [2.45, 2.75) is 76.9 Å². The zero-order chi connectivity index (χ0) is 20.1. The summed E-state index contributed by atoms with van der Waals surface area (Å²) in [6, 6.07) is 0.191. The van der Waals surface area contributed by atoms with E-state index in [1.807, 2.05) is 6.92 Å². The van der Waals surface area contributed by atoms with E-state index in [0.29, 0.717) is 0 Å². The second-order valence-electron chi connectivity index (χ2n) is 8.66. The first-order chi connectivity index (χ1) is 14.2. The van der Waals surface area contributed by atoms with Gasteiger partial charge in [-0.05, 0) is 39.5 Å². The van der Waals surface area contributed by atoms with E-state index >= 15 is 0 Å². The molecule has 2 N–H and O–H groups in total. The van der Waals surface area contributed by atoms with E-state index in [2.05, 4.69) is 49.0 Å². The van der Waals surface area contributed by atoms with Crippen molar-refractivity contribution in [2.75, 3.05) is 37.7 Å². The Kier molecular flexibility index (Phi) is 9.12. The summed E-state index contributed by atoms with van der Waals surface area (Å²) in [5, 5.41) is 11.7. The summed E-state index contributed by atoms with van der Waals surface area (Å²) in [5.74, 6) is 5.38. The molecule has 7 nitrogen and oxygen atoms in total. The Balaban J connectivity index is 0.00000256. The summed E-state index contributed by atoms with van der Waals surface area (Å²) in [5.41, 5.74) is 0.255. The molecule has 0 amide bonds. The number of hydrogen-bond donors (Lipinski definition) is 2. The van der Waals surface area contributed by atoms with Gasteiger partial charge in [0.1, 0.15) is 11.6 Å². The van der Waals surface area contributed by atoms with Crippen LogP contribution in [0.25, 0.3) is 0 Å². The van der Waals surface area contributed by atoms with Crippen LogP contribution in [0.1, 0.15) is 69.6 Å². The number of aromatic nitrogens is 3. The van der Waals surface area contributed by atoms with Crippen LogP contribution < -0.4 is 10.6 Å². The van der Waals surface area contributed by atoms with Gasteiger partial charge in [0.15, 0.2) is 5.96 Å². The minimum atomic E-state index is 0. The molecule has 2 fully saturated rings. The van der Waals surface area contributed by atoms with Crippen molar-refractivity contribution in [3.05, 3.63) is 11.6 Å². The van der Waals surface area contributed by atoms with E-state index in [1.165, 1.54) is 56.7 Å². The monoisotopic (exact) mass is 547 g/mol. The number of hydrogen-bond acceptors (Lipinski definition) is 5. The molecule has 1 aliphatic carbocycles. The molecule has 4 rings (SSSR count). The third-order valence-electron chi connectivity index (χ3n) is 6.63. The minimum Gasteiger partial charge on any atom is -0.357 e. The van der Waals surface area contributed by atoms with E-state index in [0.717, 1.165) is 50.1 Å². The van der Waals surface area contributed by atoms with E-state index < -0.39 is 0 Å². The summed E-state index contributed by atoms with van der Waals surface area (Å²) in [6.45, 7) is 9.29. The lowest BCUT2D eigenvalue weighted by molar-refractivity contribution is 0.0671. The average Bonchev–Trinajstić information content (AvgIpc) is 3.15. The molecular formula is C21H38IN7S. The Morgan fingerprint density at radius 1 is 1.17 bits per heavy atom. The van der Waals surface area contributed by atoms with Gasteiger partial charge < -0.3 is 10.6 Å². The number of halogens is 1. The molecule has 0 aromatic carbocycles. The Labute approximate surface area is 202 Å². The molecule has 1 aromatic rings. The van der Waals surface area contributed by atoms with Gasteiger partial charge in [-0.25, -0.2) is 9.67 Å². The van der Waals surface area contributed by atoms with Gasteiger partial charge in [0.05, 0.1) is 12.6 Å². The molecule has 3 heterocycles. The van der Waals surface area contributed by atoms with Crippen LogP contribution >= 0.6 is 35.7 Å². The predicted octanol–water partition coefficient (Wildman–Crippen LogP) is 3.35. The molecule has 0 radical (unpaired) electrons. The van der Waals surface area contributed by atoms with Crippen molar-refractivity contribution >= 4 is 41.7 Å². The molecule has 30 heavy (non-hydrogen) atoms. The maximum atomic E-state index is 5.15. The van der Waals surface area contributed by atoms with Crippen molar-refractivity contribution in [3.8, 4) is 0 Å². The molecule has 170 valence electrons. The maximum absolute atomic E-state index is 5.15. The van der Waals surface area contributed by atoms with Crippen LogP contribution in [0.5, 0.6) is 0 Å². The third kappa shape index (κ3) is 5.62. The van der Waals surface area contributed by atoms with Crippen LogP contribution in [0.4, 0.5) is 0 Å². The lowest BCUT2D eigenvalue weighted by Crippen LogP contribution is -2.55. The topological polar surface area (TPSA) is 70.4 Å². The van der Waals surface area contributed by atoms with Crippen molar-refractivity contribution in [3.63, 3.8) is 0 Å². The molecule has 1 saturated heterocycles. The standard InChI is InChI=1S/C21H37N7S.HI/c1-3-22-20(25-18-8-7-11-28-19(18)24-17(2)26-28)23-16-21(9-5-4-6-10-21)27-12-14-29-15-13-27;/h18H,3-16H2,1-2H3,(H2,22,23,25);1H. The molecule has 1 aromatic heterocycles. The van der Waals surface area contributed by atoms with E-state index in [9.17, 15) is 0 Å². The number of fused-ring (bicyclic) bond motifs is 1. The van der Waals surface area contributed by atoms with Gasteiger partial charge in [0.2, 0.25) is 0 Å². The minimum absolute atomic E-state index is 0. The summed E-state index contributed by atoms with van der Waals surface area (Å²) in [7, 11) is 0. The fraction of sp³-hybridized carbons (Fsp3) is 0.857. The summed E-state index contributed by atoms with van der Waals surface area (Å²) in [4.78, 5) is 12.6. The summed E-state index contributed by atoms with van der Waals surface area (Å²) in [6.07, 6.45) is 8.85. The van der Waals surface area contributed by atoms with Crippen molar-refractivity contribution < 1.29 is 0 Å². The lowest BCUT2D eigenvalue weighted by atomic mass is 9.80. The Bertz CT molecular complexity index is 696. The fourth-order valence-corrected chi connectivity index (χ4v) is 6.04. The number of nitrogens with zero attached hydrogens (tertiary/aromatic N) is 5. The molecule has 1 atom stereocenters. The molecule has 0 spiro atoms. The number of aryl methyl sites for hydroxylation is 2. The predicted molar refractivity (Wildman–Crippen MR) is 136 cm³/mol. The number of nitrogens with one attached hydrogen (secondary N) is 2. The largest absolute Gasteiger partial charge is 0.357 e. The first-order valence-electron chi connectivity index (χ1n) is 11.5. The van der Waals surface area contributed by atoms with Gasteiger partial charge in [-0.1, -0.05) is 19.3 Å². The molecular weight excluding hydrogens is 509 g/mol. The number of aliphatic imine (C=N–C) groups is 1. The van der Waals surface area contributed by atoms with Crippen molar-refractivity contribution in [1.82, 2.24) is 30.3 Å². The molecule has 1 saturated carbocycles. The smallest absolute Gasteiger partial charge is 0.191 e. The van der Waals surface area contributed by atoms with Crippen LogP contribution in [-0.4, -0.2) is 68.8 Å². The normalized spacial score (nSPS) is 24.6. The van der Waals surface area contributed by atoms with Crippen LogP contribution in [0.2, 0.25) is 0 Å². The first kappa shape index (κ1) is 24.1. The van der Waals surface area contributed by atoms with Crippen LogP contribution in [0.3, 0.4) is 0 Å². The summed E-state index contributed by atoms with van der Waals surface area (Å²) < 4.78 is 2.06. The average molecular weight is 548 g/mol. The second-order valence-corrected chi connectivity index (χ2v) is 9.88. The molecule has 1 unspecified atom stereocenters. The van der Waals surface area contributed by atoms with Crippen molar-refractivity contribution in [1.29, 1.82) is 0 Å².